The number of oxazole rings is 1. The molecule has 1 aliphatic heterocycles. The van der Waals surface area contributed by atoms with Gasteiger partial charge in [-0.2, -0.15) is 4.31 Å². The molecule has 0 spiro atoms. The number of amides is 2. The molecule has 0 fully saturated rings. The van der Waals surface area contributed by atoms with E-state index in [9.17, 15) is 18.0 Å². The third-order valence-corrected chi connectivity index (χ3v) is 8.78. The van der Waals surface area contributed by atoms with Crippen LogP contribution in [0.15, 0.2) is 32.0 Å². The minimum absolute atomic E-state index is 0.0529. The van der Waals surface area contributed by atoms with Crippen LogP contribution in [0.3, 0.4) is 0 Å². The molecule has 1 aromatic carbocycles. The molecule has 13 nitrogen and oxygen atoms in total. The Morgan fingerprint density at radius 1 is 1.15 bits per heavy atom. The Morgan fingerprint density at radius 3 is 2.56 bits per heavy atom. The van der Waals surface area contributed by atoms with Crippen molar-refractivity contribution >= 4 is 21.8 Å². The second-order valence-electron chi connectivity index (χ2n) is 10.1. The van der Waals surface area contributed by atoms with E-state index in [1.54, 1.807) is 39.0 Å². The highest BCUT2D eigenvalue weighted by molar-refractivity contribution is 7.89. The first-order chi connectivity index (χ1) is 19.4. The van der Waals surface area contributed by atoms with Crippen molar-refractivity contribution in [1.82, 2.24) is 25.1 Å². The van der Waals surface area contributed by atoms with Crippen LogP contribution in [0.25, 0.3) is 11.5 Å². The number of nitrogens with zero attached hydrogens (tertiary/aromatic N) is 3. The van der Waals surface area contributed by atoms with E-state index in [0.717, 1.165) is 4.31 Å². The molecule has 4 rings (SSSR count). The molecule has 14 heteroatoms. The molecule has 2 aromatic heterocycles. The first-order valence-electron chi connectivity index (χ1n) is 13.2. The highest BCUT2D eigenvalue weighted by Crippen LogP contribution is 2.33. The van der Waals surface area contributed by atoms with E-state index in [-0.39, 0.29) is 48.4 Å². The number of ether oxygens (including phenoxy) is 2. The number of aromatic nitrogens is 2. The summed E-state index contributed by atoms with van der Waals surface area (Å²) in [5.74, 6) is 0.519. The quantitative estimate of drug-likeness (QED) is 0.462. The van der Waals surface area contributed by atoms with Gasteiger partial charge in [-0.25, -0.2) is 13.4 Å². The SMILES string of the molecule is COc1ccc2cc1OCCCN(S(=O)(=O)c1c(C)noc1C)CC(=O)N[C@@H](C(C)C)C(=O)NCc1nc-2oc1C. The summed E-state index contributed by atoms with van der Waals surface area (Å²) in [4.78, 5) is 30.8. The van der Waals surface area contributed by atoms with Gasteiger partial charge in [-0.1, -0.05) is 19.0 Å². The highest BCUT2D eigenvalue weighted by atomic mass is 32.2. The highest BCUT2D eigenvalue weighted by Gasteiger charge is 2.33. The molecule has 3 aromatic rings. The smallest absolute Gasteiger partial charge is 0.248 e. The van der Waals surface area contributed by atoms with E-state index < -0.39 is 34.4 Å². The molecule has 4 bridgehead atoms. The minimum Gasteiger partial charge on any atom is -0.493 e. The molecule has 0 unspecified atom stereocenters. The summed E-state index contributed by atoms with van der Waals surface area (Å²) < 4.78 is 50.7. The predicted molar refractivity (Wildman–Crippen MR) is 147 cm³/mol. The summed E-state index contributed by atoms with van der Waals surface area (Å²) in [6.45, 7) is 7.94. The molecule has 222 valence electrons. The van der Waals surface area contributed by atoms with Gasteiger partial charge in [0.1, 0.15) is 28.1 Å². The van der Waals surface area contributed by atoms with Gasteiger partial charge in [-0.15, -0.1) is 0 Å². The van der Waals surface area contributed by atoms with Crippen LogP contribution in [-0.4, -0.2) is 67.5 Å². The Balaban J connectivity index is 1.70. The van der Waals surface area contributed by atoms with Crippen molar-refractivity contribution in [2.24, 2.45) is 5.92 Å². The van der Waals surface area contributed by atoms with Crippen LogP contribution in [0.2, 0.25) is 0 Å². The monoisotopic (exact) mass is 589 g/mol. The third-order valence-electron chi connectivity index (χ3n) is 6.69. The number of methoxy groups -OCH3 is 1. The molecular formula is C27H35N5O8S. The second kappa shape index (κ2) is 12.3. The normalized spacial score (nSPS) is 17.8. The first kappa shape index (κ1) is 30.1. The van der Waals surface area contributed by atoms with E-state index >= 15 is 0 Å². The van der Waals surface area contributed by atoms with Gasteiger partial charge >= 0.3 is 0 Å². The molecule has 0 saturated carbocycles. The van der Waals surface area contributed by atoms with Crippen LogP contribution >= 0.6 is 0 Å². The number of rotatable bonds is 4. The molecule has 1 aliphatic rings. The zero-order chi connectivity index (χ0) is 29.9. The van der Waals surface area contributed by atoms with E-state index in [2.05, 4.69) is 20.8 Å². The number of carbonyl (C=O) groups excluding carboxylic acids is 2. The van der Waals surface area contributed by atoms with Crippen molar-refractivity contribution in [3.63, 3.8) is 0 Å². The van der Waals surface area contributed by atoms with Gasteiger partial charge in [0, 0.05) is 12.1 Å². The average molecular weight is 590 g/mol. The standard InChI is InChI=1S/C27H35N5O8S/c1-15(2)24-26(34)28-13-20-17(4)39-27(29-20)19-8-9-21(37-6)22(12-19)38-11-7-10-32(14-23(33)30-24)41(35,36)25-16(3)31-40-18(25)5/h8-9,12,15,24H,7,10-11,13-14H2,1-6H3,(H,28,34)(H,30,33)/t24-/m0/s1. The maximum Gasteiger partial charge on any atom is 0.248 e. The zero-order valence-corrected chi connectivity index (χ0v) is 24.8. The van der Waals surface area contributed by atoms with Gasteiger partial charge in [0.05, 0.1) is 26.8 Å². The summed E-state index contributed by atoms with van der Waals surface area (Å²) >= 11 is 0. The van der Waals surface area contributed by atoms with Gasteiger partial charge in [-0.05, 0) is 51.3 Å². The summed E-state index contributed by atoms with van der Waals surface area (Å²) in [6.07, 6.45) is 0.236. The number of carbonyl (C=O) groups is 2. The number of aryl methyl sites for hydroxylation is 3. The fraction of sp³-hybridized carbons (Fsp3) is 0.481. The zero-order valence-electron chi connectivity index (χ0n) is 23.9. The van der Waals surface area contributed by atoms with Gasteiger partial charge in [0.25, 0.3) is 0 Å². The van der Waals surface area contributed by atoms with Crippen LogP contribution < -0.4 is 20.1 Å². The summed E-state index contributed by atoms with van der Waals surface area (Å²) in [6, 6.07) is 4.30. The maximum absolute atomic E-state index is 13.7. The van der Waals surface area contributed by atoms with Crippen LogP contribution in [0.4, 0.5) is 0 Å². The number of hydrogen-bond acceptors (Lipinski definition) is 10. The Hall–Kier alpha value is -3.91. The number of hydrogen-bond donors (Lipinski definition) is 2. The van der Waals surface area contributed by atoms with Gasteiger partial charge in [-0.3, -0.25) is 9.59 Å². The maximum atomic E-state index is 13.7. The van der Waals surface area contributed by atoms with E-state index in [0.29, 0.717) is 34.4 Å². The average Bonchev–Trinajstić information content (AvgIpc) is 3.47. The summed E-state index contributed by atoms with van der Waals surface area (Å²) in [5, 5.41) is 9.26. The molecule has 41 heavy (non-hydrogen) atoms. The Morgan fingerprint density at radius 2 is 1.90 bits per heavy atom. The van der Waals surface area contributed by atoms with Crippen molar-refractivity contribution in [2.45, 2.75) is 58.5 Å². The topological polar surface area (TPSA) is 166 Å². The van der Waals surface area contributed by atoms with Crippen LogP contribution in [0, 0.1) is 26.7 Å². The lowest BCUT2D eigenvalue weighted by Gasteiger charge is -2.25. The molecule has 0 radical (unpaired) electrons. The van der Waals surface area contributed by atoms with Gasteiger partial charge in [0.2, 0.25) is 27.7 Å². The lowest BCUT2D eigenvalue weighted by atomic mass is 10.0. The number of fused-ring (bicyclic) bond motifs is 5. The van der Waals surface area contributed by atoms with E-state index in [4.69, 9.17) is 18.4 Å². The van der Waals surface area contributed by atoms with E-state index in [1.807, 2.05) is 0 Å². The largest absolute Gasteiger partial charge is 0.493 e. The minimum atomic E-state index is -4.18. The lowest BCUT2D eigenvalue weighted by molar-refractivity contribution is -0.130. The number of sulfonamides is 1. The molecule has 3 heterocycles. The Labute approximate surface area is 238 Å². The van der Waals surface area contributed by atoms with Crippen molar-refractivity contribution in [3.8, 4) is 23.0 Å². The molecule has 0 aliphatic carbocycles. The Bertz CT molecular complexity index is 1510. The van der Waals surface area contributed by atoms with Crippen LogP contribution in [0.5, 0.6) is 11.5 Å². The molecule has 1 atom stereocenters. The van der Waals surface area contributed by atoms with Crippen LogP contribution in [-0.2, 0) is 26.2 Å². The van der Waals surface area contributed by atoms with Crippen LogP contribution in [0.1, 0.15) is 43.2 Å². The summed E-state index contributed by atoms with van der Waals surface area (Å²) in [7, 11) is -2.66. The van der Waals surface area contributed by atoms with Crippen molar-refractivity contribution < 1.29 is 36.4 Å². The fourth-order valence-corrected chi connectivity index (χ4v) is 6.24. The first-order valence-corrected chi connectivity index (χ1v) is 14.6. The van der Waals surface area contributed by atoms with Crippen molar-refractivity contribution in [2.75, 3.05) is 26.8 Å². The molecular weight excluding hydrogens is 554 g/mol. The van der Waals surface area contributed by atoms with Gasteiger partial charge in [0.15, 0.2) is 17.3 Å². The Kier molecular flexibility index (Phi) is 9.02. The van der Waals surface area contributed by atoms with Gasteiger partial charge < -0.3 is 29.0 Å². The number of benzene rings is 1. The molecule has 0 saturated heterocycles. The van der Waals surface area contributed by atoms with E-state index in [1.165, 1.54) is 21.0 Å². The number of nitrogens with one attached hydrogen (secondary N) is 2. The molecule has 2 amide bonds. The fourth-order valence-electron chi connectivity index (χ4n) is 4.51. The van der Waals surface area contributed by atoms with Crippen molar-refractivity contribution in [1.29, 1.82) is 0 Å². The lowest BCUT2D eigenvalue weighted by Crippen LogP contribution is -2.52. The third kappa shape index (κ3) is 6.54. The van der Waals surface area contributed by atoms with Crippen molar-refractivity contribution in [3.05, 3.63) is 41.1 Å². The summed E-state index contributed by atoms with van der Waals surface area (Å²) in [5.41, 5.74) is 1.35. The predicted octanol–water partition coefficient (Wildman–Crippen LogP) is 2.49. The second-order valence-corrected chi connectivity index (χ2v) is 12.0. The molecule has 2 N–H and O–H groups in total.